The summed E-state index contributed by atoms with van der Waals surface area (Å²) in [4.78, 5) is 2.44. The summed E-state index contributed by atoms with van der Waals surface area (Å²) in [6.07, 6.45) is 4.59. The Kier molecular flexibility index (Phi) is 3.66. The van der Waals surface area contributed by atoms with Crippen molar-refractivity contribution in [3.63, 3.8) is 0 Å². The van der Waals surface area contributed by atoms with E-state index < -0.39 is 0 Å². The molecule has 1 fully saturated rings. The molecule has 1 aromatic rings. The Morgan fingerprint density at radius 3 is 2.81 bits per heavy atom. The van der Waals surface area contributed by atoms with Crippen LogP contribution in [0.3, 0.4) is 0 Å². The van der Waals surface area contributed by atoms with Gasteiger partial charge in [-0.05, 0) is 30.5 Å². The van der Waals surface area contributed by atoms with Crippen molar-refractivity contribution in [3.8, 4) is 0 Å². The Morgan fingerprint density at radius 2 is 2.25 bits per heavy atom. The molecular formula is C13H17BrN2. The summed E-state index contributed by atoms with van der Waals surface area (Å²) < 4.78 is 1.04. The van der Waals surface area contributed by atoms with Crippen molar-refractivity contribution in [1.82, 2.24) is 4.90 Å². The fourth-order valence-electron chi connectivity index (χ4n) is 1.88. The van der Waals surface area contributed by atoms with Crippen molar-refractivity contribution in [2.24, 2.45) is 0 Å². The van der Waals surface area contributed by atoms with Gasteiger partial charge in [0, 0.05) is 29.3 Å². The van der Waals surface area contributed by atoms with Gasteiger partial charge in [-0.25, -0.2) is 0 Å². The van der Waals surface area contributed by atoms with Crippen LogP contribution in [0.4, 0.5) is 5.69 Å². The maximum atomic E-state index is 6.00. The number of nitrogens with zero attached hydrogens (tertiary/aromatic N) is 1. The zero-order chi connectivity index (χ0) is 11.5. The largest absolute Gasteiger partial charge is 0.398 e. The highest BCUT2D eigenvalue weighted by Crippen LogP contribution is 2.29. The predicted octanol–water partition coefficient (Wildman–Crippen LogP) is 3.18. The molecule has 16 heavy (non-hydrogen) atoms. The minimum Gasteiger partial charge on any atom is -0.398 e. The first-order valence-corrected chi connectivity index (χ1v) is 6.39. The number of rotatable bonds is 5. The summed E-state index contributed by atoms with van der Waals surface area (Å²) in [6, 6.07) is 6.85. The summed E-state index contributed by atoms with van der Waals surface area (Å²) in [5.74, 6) is 0. The quantitative estimate of drug-likeness (QED) is 0.663. The molecule has 0 aromatic heterocycles. The number of hydrogen-bond acceptors (Lipinski definition) is 2. The van der Waals surface area contributed by atoms with Crippen LogP contribution in [0.25, 0.3) is 0 Å². The Morgan fingerprint density at radius 1 is 1.50 bits per heavy atom. The molecular weight excluding hydrogens is 264 g/mol. The number of nitrogens with two attached hydrogens (primary N) is 1. The van der Waals surface area contributed by atoms with Crippen molar-refractivity contribution in [1.29, 1.82) is 0 Å². The van der Waals surface area contributed by atoms with Gasteiger partial charge in [-0.15, -0.1) is 6.58 Å². The molecule has 2 rings (SSSR count). The van der Waals surface area contributed by atoms with E-state index in [4.69, 9.17) is 5.73 Å². The third-order valence-corrected chi connectivity index (χ3v) is 3.40. The molecule has 86 valence electrons. The van der Waals surface area contributed by atoms with Crippen molar-refractivity contribution in [3.05, 3.63) is 40.9 Å². The molecule has 2 nitrogen and oxygen atoms in total. The number of nitrogen functional groups attached to an aromatic ring is 1. The number of benzene rings is 1. The zero-order valence-electron chi connectivity index (χ0n) is 9.32. The zero-order valence-corrected chi connectivity index (χ0v) is 10.9. The highest BCUT2D eigenvalue weighted by molar-refractivity contribution is 9.10. The summed E-state index contributed by atoms with van der Waals surface area (Å²) in [7, 11) is 0. The lowest BCUT2D eigenvalue weighted by atomic mass is 10.1. The van der Waals surface area contributed by atoms with Gasteiger partial charge in [-0.3, -0.25) is 4.90 Å². The third kappa shape index (κ3) is 2.86. The molecule has 2 N–H and O–H groups in total. The Hall–Kier alpha value is -0.800. The second-order valence-corrected chi connectivity index (χ2v) is 5.21. The van der Waals surface area contributed by atoms with E-state index in [0.29, 0.717) is 0 Å². The molecule has 3 heteroatoms. The first-order valence-electron chi connectivity index (χ1n) is 5.59. The number of halogens is 1. The summed E-state index contributed by atoms with van der Waals surface area (Å²) in [5, 5.41) is 0. The average molecular weight is 281 g/mol. The van der Waals surface area contributed by atoms with Crippen LogP contribution >= 0.6 is 15.9 Å². The van der Waals surface area contributed by atoms with Gasteiger partial charge in [0.2, 0.25) is 0 Å². The molecule has 1 aromatic carbocycles. The number of anilines is 1. The maximum Gasteiger partial charge on any atom is 0.0371 e. The van der Waals surface area contributed by atoms with Crippen LogP contribution in [0.15, 0.2) is 35.3 Å². The molecule has 0 amide bonds. The van der Waals surface area contributed by atoms with Crippen molar-refractivity contribution >= 4 is 21.6 Å². The van der Waals surface area contributed by atoms with Crippen LogP contribution < -0.4 is 5.73 Å². The Labute approximate surface area is 105 Å². The molecule has 0 unspecified atom stereocenters. The minimum absolute atomic E-state index is 0.737. The topological polar surface area (TPSA) is 29.3 Å². The molecule has 1 saturated carbocycles. The van der Waals surface area contributed by atoms with E-state index in [1.165, 1.54) is 18.4 Å². The molecule has 1 aliphatic carbocycles. The van der Waals surface area contributed by atoms with Gasteiger partial charge in [0.1, 0.15) is 0 Å². The first kappa shape index (κ1) is 11.7. The van der Waals surface area contributed by atoms with E-state index in [1.54, 1.807) is 0 Å². The van der Waals surface area contributed by atoms with Crippen molar-refractivity contribution < 1.29 is 0 Å². The molecule has 0 heterocycles. The van der Waals surface area contributed by atoms with Gasteiger partial charge >= 0.3 is 0 Å². The normalized spacial score (nSPS) is 15.4. The van der Waals surface area contributed by atoms with Crippen LogP contribution in [0, 0.1) is 0 Å². The molecule has 0 atom stereocenters. The molecule has 0 radical (unpaired) electrons. The van der Waals surface area contributed by atoms with E-state index in [2.05, 4.69) is 33.5 Å². The SMILES string of the molecule is C=CCN(Cc1ccc(Br)cc1N)C1CC1. The van der Waals surface area contributed by atoms with E-state index in [0.717, 1.165) is 29.3 Å². The van der Waals surface area contributed by atoms with Crippen LogP contribution in [-0.2, 0) is 6.54 Å². The Bertz CT molecular complexity index is 386. The maximum absolute atomic E-state index is 6.00. The fourth-order valence-corrected chi connectivity index (χ4v) is 2.26. The predicted molar refractivity (Wildman–Crippen MR) is 72.2 cm³/mol. The van der Waals surface area contributed by atoms with Crippen molar-refractivity contribution in [2.45, 2.75) is 25.4 Å². The molecule has 0 bridgehead atoms. The summed E-state index contributed by atoms with van der Waals surface area (Å²) in [6.45, 7) is 5.68. The van der Waals surface area contributed by atoms with E-state index in [1.807, 2.05) is 18.2 Å². The van der Waals surface area contributed by atoms with E-state index in [-0.39, 0.29) is 0 Å². The molecule has 0 spiro atoms. The fraction of sp³-hybridized carbons (Fsp3) is 0.385. The minimum atomic E-state index is 0.737. The lowest BCUT2D eigenvalue weighted by Crippen LogP contribution is -2.26. The van der Waals surface area contributed by atoms with Gasteiger partial charge in [-0.1, -0.05) is 28.1 Å². The second kappa shape index (κ2) is 5.02. The van der Waals surface area contributed by atoms with Gasteiger partial charge in [-0.2, -0.15) is 0 Å². The summed E-state index contributed by atoms with van der Waals surface area (Å²) in [5.41, 5.74) is 8.07. The molecule has 0 saturated heterocycles. The highest BCUT2D eigenvalue weighted by atomic mass is 79.9. The molecule has 0 aliphatic heterocycles. The van der Waals surface area contributed by atoms with E-state index in [9.17, 15) is 0 Å². The standard InChI is InChI=1S/C13H17BrN2/c1-2-7-16(12-5-6-12)9-10-3-4-11(14)8-13(10)15/h2-4,8,12H,1,5-7,9,15H2. The van der Waals surface area contributed by atoms with Gasteiger partial charge < -0.3 is 5.73 Å². The van der Waals surface area contributed by atoms with Crippen LogP contribution in [0.1, 0.15) is 18.4 Å². The highest BCUT2D eigenvalue weighted by Gasteiger charge is 2.28. The monoisotopic (exact) mass is 280 g/mol. The van der Waals surface area contributed by atoms with Gasteiger partial charge in [0.15, 0.2) is 0 Å². The third-order valence-electron chi connectivity index (χ3n) is 2.91. The van der Waals surface area contributed by atoms with Crippen molar-refractivity contribution in [2.75, 3.05) is 12.3 Å². The average Bonchev–Trinajstić information content (AvgIpc) is 3.04. The first-order chi connectivity index (χ1) is 7.70. The van der Waals surface area contributed by atoms with Crippen LogP contribution in [0.5, 0.6) is 0 Å². The van der Waals surface area contributed by atoms with Crippen LogP contribution in [-0.4, -0.2) is 17.5 Å². The van der Waals surface area contributed by atoms with Gasteiger partial charge in [0.25, 0.3) is 0 Å². The lowest BCUT2D eigenvalue weighted by Gasteiger charge is -2.21. The van der Waals surface area contributed by atoms with E-state index >= 15 is 0 Å². The van der Waals surface area contributed by atoms with Gasteiger partial charge in [0.05, 0.1) is 0 Å². The lowest BCUT2D eigenvalue weighted by molar-refractivity contribution is 0.284. The van der Waals surface area contributed by atoms with Crippen LogP contribution in [0.2, 0.25) is 0 Å². The Balaban J connectivity index is 2.08. The molecule has 1 aliphatic rings. The number of hydrogen-bond donors (Lipinski definition) is 1. The second-order valence-electron chi connectivity index (χ2n) is 4.29. The summed E-state index contributed by atoms with van der Waals surface area (Å²) >= 11 is 3.42. The smallest absolute Gasteiger partial charge is 0.0371 e.